The predicted molar refractivity (Wildman–Crippen MR) is 81.7 cm³/mol. The fourth-order valence-electron chi connectivity index (χ4n) is 1.89. The number of hydrogen-bond acceptors (Lipinski definition) is 1. The number of aliphatic hydroxyl groups is 1. The molecule has 2 aromatic rings. The lowest BCUT2D eigenvalue weighted by Gasteiger charge is -2.14. The van der Waals surface area contributed by atoms with E-state index in [4.69, 9.17) is 0 Å². The van der Waals surface area contributed by atoms with Gasteiger partial charge in [-0.3, -0.25) is 0 Å². The molecular weight excluding hydrogens is 356 g/mol. The SMILES string of the molecule is CCc1cccc(C(O)c2ccc(Br)cc2Br)c1. The minimum atomic E-state index is -0.598. The van der Waals surface area contributed by atoms with Crippen LogP contribution in [0.15, 0.2) is 51.4 Å². The van der Waals surface area contributed by atoms with Crippen LogP contribution in [0.5, 0.6) is 0 Å². The first-order valence-corrected chi connectivity index (χ1v) is 7.42. The summed E-state index contributed by atoms with van der Waals surface area (Å²) in [5, 5.41) is 10.4. The zero-order chi connectivity index (χ0) is 13.1. The topological polar surface area (TPSA) is 20.2 Å². The molecule has 0 radical (unpaired) electrons. The van der Waals surface area contributed by atoms with Crippen LogP contribution in [0, 0.1) is 0 Å². The Hall–Kier alpha value is -0.640. The van der Waals surface area contributed by atoms with E-state index >= 15 is 0 Å². The van der Waals surface area contributed by atoms with Crippen molar-refractivity contribution >= 4 is 31.9 Å². The average Bonchev–Trinajstić information content (AvgIpc) is 2.38. The van der Waals surface area contributed by atoms with Crippen LogP contribution >= 0.6 is 31.9 Å². The largest absolute Gasteiger partial charge is 0.384 e. The Labute approximate surface area is 124 Å². The number of halogens is 2. The molecule has 2 aromatic carbocycles. The molecule has 0 saturated heterocycles. The number of aliphatic hydroxyl groups excluding tert-OH is 1. The smallest absolute Gasteiger partial charge is 0.105 e. The van der Waals surface area contributed by atoms with Crippen molar-refractivity contribution in [3.63, 3.8) is 0 Å². The maximum atomic E-state index is 10.4. The molecule has 0 bridgehead atoms. The summed E-state index contributed by atoms with van der Waals surface area (Å²) < 4.78 is 1.90. The third-order valence-electron chi connectivity index (χ3n) is 2.93. The van der Waals surface area contributed by atoms with E-state index in [1.807, 2.05) is 30.3 Å². The van der Waals surface area contributed by atoms with E-state index < -0.39 is 6.10 Å². The van der Waals surface area contributed by atoms with Crippen molar-refractivity contribution in [1.29, 1.82) is 0 Å². The molecule has 3 heteroatoms. The molecule has 1 N–H and O–H groups in total. The van der Waals surface area contributed by atoms with Crippen LogP contribution < -0.4 is 0 Å². The monoisotopic (exact) mass is 368 g/mol. The lowest BCUT2D eigenvalue weighted by molar-refractivity contribution is 0.219. The Morgan fingerprint density at radius 2 is 1.89 bits per heavy atom. The second-order valence-electron chi connectivity index (χ2n) is 4.17. The fraction of sp³-hybridized carbons (Fsp3) is 0.200. The summed E-state index contributed by atoms with van der Waals surface area (Å²) in [4.78, 5) is 0. The molecule has 0 aliphatic rings. The van der Waals surface area contributed by atoms with Gasteiger partial charge in [0.15, 0.2) is 0 Å². The summed E-state index contributed by atoms with van der Waals surface area (Å²) in [6, 6.07) is 13.9. The van der Waals surface area contributed by atoms with E-state index in [-0.39, 0.29) is 0 Å². The van der Waals surface area contributed by atoms with Gasteiger partial charge in [0.2, 0.25) is 0 Å². The third-order valence-corrected chi connectivity index (χ3v) is 4.11. The Balaban J connectivity index is 2.37. The van der Waals surface area contributed by atoms with Crippen molar-refractivity contribution in [2.24, 2.45) is 0 Å². The summed E-state index contributed by atoms with van der Waals surface area (Å²) >= 11 is 6.90. The lowest BCUT2D eigenvalue weighted by Crippen LogP contribution is -2.01. The van der Waals surface area contributed by atoms with Crippen LogP contribution in [0.3, 0.4) is 0 Å². The second-order valence-corrected chi connectivity index (χ2v) is 5.94. The number of hydrogen-bond donors (Lipinski definition) is 1. The molecule has 0 spiro atoms. The Morgan fingerprint density at radius 3 is 2.56 bits per heavy atom. The molecule has 0 saturated carbocycles. The molecule has 0 aliphatic heterocycles. The van der Waals surface area contributed by atoms with Crippen molar-refractivity contribution < 1.29 is 5.11 Å². The summed E-state index contributed by atoms with van der Waals surface area (Å²) in [5.41, 5.74) is 3.05. The van der Waals surface area contributed by atoms with Gasteiger partial charge in [-0.25, -0.2) is 0 Å². The minimum Gasteiger partial charge on any atom is -0.384 e. The van der Waals surface area contributed by atoms with Gasteiger partial charge < -0.3 is 5.11 Å². The van der Waals surface area contributed by atoms with Crippen LogP contribution in [0.1, 0.15) is 29.7 Å². The highest BCUT2D eigenvalue weighted by atomic mass is 79.9. The van der Waals surface area contributed by atoms with Gasteiger partial charge in [0.1, 0.15) is 6.10 Å². The van der Waals surface area contributed by atoms with Crippen molar-refractivity contribution in [2.75, 3.05) is 0 Å². The van der Waals surface area contributed by atoms with E-state index in [9.17, 15) is 5.11 Å². The maximum Gasteiger partial charge on any atom is 0.105 e. The van der Waals surface area contributed by atoms with E-state index in [1.165, 1.54) is 5.56 Å². The first-order valence-electron chi connectivity index (χ1n) is 5.83. The predicted octanol–water partition coefficient (Wildman–Crippen LogP) is 4.86. The van der Waals surface area contributed by atoms with Crippen LogP contribution in [0.4, 0.5) is 0 Å². The molecule has 0 heterocycles. The number of benzene rings is 2. The van der Waals surface area contributed by atoms with E-state index in [0.717, 1.165) is 26.5 Å². The Bertz CT molecular complexity index is 552. The zero-order valence-electron chi connectivity index (χ0n) is 10.0. The van der Waals surface area contributed by atoms with Gasteiger partial charge in [-0.2, -0.15) is 0 Å². The normalized spacial score (nSPS) is 12.4. The number of rotatable bonds is 3. The molecule has 0 aliphatic carbocycles. The number of aryl methyl sites for hydroxylation is 1. The van der Waals surface area contributed by atoms with Gasteiger partial charge in [-0.1, -0.05) is 69.1 Å². The molecule has 1 atom stereocenters. The van der Waals surface area contributed by atoms with Crippen LogP contribution in [-0.4, -0.2) is 5.11 Å². The van der Waals surface area contributed by atoms with Crippen LogP contribution in [-0.2, 0) is 6.42 Å². The first kappa shape index (κ1) is 13.8. The molecule has 0 fully saturated rings. The van der Waals surface area contributed by atoms with Crippen LogP contribution in [0.25, 0.3) is 0 Å². The second kappa shape index (κ2) is 6.00. The van der Waals surface area contributed by atoms with Gasteiger partial charge in [0, 0.05) is 8.95 Å². The third kappa shape index (κ3) is 3.02. The molecule has 94 valence electrons. The van der Waals surface area contributed by atoms with Crippen LogP contribution in [0.2, 0.25) is 0 Å². The standard InChI is InChI=1S/C15H14Br2O/c1-2-10-4-3-5-11(8-10)15(18)13-7-6-12(16)9-14(13)17/h3-9,15,18H,2H2,1H3. The van der Waals surface area contributed by atoms with Crippen molar-refractivity contribution in [2.45, 2.75) is 19.4 Å². The van der Waals surface area contributed by atoms with Crippen molar-refractivity contribution in [3.8, 4) is 0 Å². The molecule has 1 nitrogen and oxygen atoms in total. The zero-order valence-corrected chi connectivity index (χ0v) is 13.2. The highest BCUT2D eigenvalue weighted by Crippen LogP contribution is 2.31. The van der Waals surface area contributed by atoms with Gasteiger partial charge in [0.25, 0.3) is 0 Å². The quantitative estimate of drug-likeness (QED) is 0.819. The average molecular weight is 370 g/mol. The summed E-state index contributed by atoms with van der Waals surface area (Å²) in [7, 11) is 0. The molecule has 0 amide bonds. The van der Waals surface area contributed by atoms with E-state index in [0.29, 0.717) is 0 Å². The Kier molecular flexibility index (Phi) is 4.60. The minimum absolute atomic E-state index is 0.598. The molecular formula is C15H14Br2O. The van der Waals surface area contributed by atoms with Crippen molar-refractivity contribution in [3.05, 3.63) is 68.1 Å². The van der Waals surface area contributed by atoms with Gasteiger partial charge in [0.05, 0.1) is 0 Å². The van der Waals surface area contributed by atoms with Gasteiger partial charge in [-0.15, -0.1) is 0 Å². The summed E-state index contributed by atoms with van der Waals surface area (Å²) in [6.07, 6.45) is 0.376. The van der Waals surface area contributed by atoms with E-state index in [1.54, 1.807) is 0 Å². The highest BCUT2D eigenvalue weighted by molar-refractivity contribution is 9.11. The summed E-state index contributed by atoms with van der Waals surface area (Å²) in [5.74, 6) is 0. The highest BCUT2D eigenvalue weighted by Gasteiger charge is 2.14. The first-order chi connectivity index (χ1) is 8.61. The Morgan fingerprint density at radius 1 is 1.11 bits per heavy atom. The van der Waals surface area contributed by atoms with Crippen molar-refractivity contribution in [1.82, 2.24) is 0 Å². The summed E-state index contributed by atoms with van der Waals surface area (Å²) in [6.45, 7) is 2.11. The molecule has 2 rings (SSSR count). The van der Waals surface area contributed by atoms with Gasteiger partial charge >= 0.3 is 0 Å². The van der Waals surface area contributed by atoms with E-state index in [2.05, 4.69) is 50.9 Å². The molecule has 0 aromatic heterocycles. The molecule has 18 heavy (non-hydrogen) atoms. The maximum absolute atomic E-state index is 10.4. The lowest BCUT2D eigenvalue weighted by atomic mass is 9.99. The fourth-order valence-corrected chi connectivity index (χ4v) is 3.15. The van der Waals surface area contributed by atoms with Gasteiger partial charge in [-0.05, 0) is 35.2 Å². The molecule has 1 unspecified atom stereocenters.